The maximum Gasteiger partial charge on any atom is 0.0540 e. The first kappa shape index (κ1) is 43.6. The van der Waals surface area contributed by atoms with Crippen LogP contribution in [-0.4, -0.2) is 0 Å². The van der Waals surface area contributed by atoms with Crippen molar-refractivity contribution < 1.29 is 0 Å². The van der Waals surface area contributed by atoms with Crippen molar-refractivity contribution in [2.45, 2.75) is 136 Å². The van der Waals surface area contributed by atoms with Crippen molar-refractivity contribution in [3.8, 4) is 44.5 Å². The lowest BCUT2D eigenvalue weighted by Gasteiger charge is -2.32. The van der Waals surface area contributed by atoms with E-state index in [4.69, 9.17) is 0 Å². The standard InChI is InChI=1S/C63H69N/c1-60(2,3)49-35-47(36-50(39-49)61(4,5)6)43-28-30-44(31-29-43)48-37-51(62(7,8)9)40-53(38-48)64(52-32-33-56-55-25-15-17-26-57(55)63(10,11)58(56)41-52)59-27-18-16-24-54(59)46-23-19-22-45(34-46)42-20-13-12-14-21-42/h15-19,22-42H,12-14,20-21H2,1-11H3. The predicted molar refractivity (Wildman–Crippen MR) is 277 cm³/mol. The predicted octanol–water partition coefficient (Wildman–Crippen LogP) is 18.4. The molecule has 2 aliphatic carbocycles. The Morgan fingerprint density at radius 3 is 1.58 bits per heavy atom. The zero-order chi connectivity index (χ0) is 45.2. The zero-order valence-electron chi connectivity index (χ0n) is 40.5. The summed E-state index contributed by atoms with van der Waals surface area (Å²) < 4.78 is 0. The molecule has 64 heavy (non-hydrogen) atoms. The van der Waals surface area contributed by atoms with Crippen LogP contribution in [0.25, 0.3) is 44.5 Å². The zero-order valence-corrected chi connectivity index (χ0v) is 40.5. The fraction of sp³-hybridized carbons (Fsp3) is 0.333. The van der Waals surface area contributed by atoms with Crippen LogP contribution in [0.2, 0.25) is 0 Å². The van der Waals surface area contributed by atoms with E-state index in [1.807, 2.05) is 0 Å². The largest absolute Gasteiger partial charge is 0.310 e. The summed E-state index contributed by atoms with van der Waals surface area (Å²) in [7, 11) is 0. The third-order valence-electron chi connectivity index (χ3n) is 14.5. The van der Waals surface area contributed by atoms with Crippen molar-refractivity contribution in [2.24, 2.45) is 0 Å². The normalized spacial score (nSPS) is 15.2. The number of rotatable bonds is 7. The minimum Gasteiger partial charge on any atom is -0.310 e. The molecule has 0 aromatic heterocycles. The maximum atomic E-state index is 2.56. The van der Waals surface area contributed by atoms with Gasteiger partial charge in [-0.1, -0.05) is 217 Å². The van der Waals surface area contributed by atoms with Gasteiger partial charge in [0.1, 0.15) is 0 Å². The van der Waals surface area contributed by atoms with Gasteiger partial charge in [-0.05, 0) is 138 Å². The average Bonchev–Trinajstić information content (AvgIpc) is 3.51. The van der Waals surface area contributed by atoms with Crippen LogP contribution in [0.1, 0.15) is 148 Å². The number of nitrogens with zero attached hydrogens (tertiary/aromatic N) is 1. The van der Waals surface area contributed by atoms with Gasteiger partial charge >= 0.3 is 0 Å². The number of fused-ring (bicyclic) bond motifs is 3. The van der Waals surface area contributed by atoms with Crippen molar-refractivity contribution in [1.82, 2.24) is 0 Å². The van der Waals surface area contributed by atoms with E-state index in [1.165, 1.54) is 127 Å². The molecule has 0 radical (unpaired) electrons. The molecule has 1 fully saturated rings. The Bertz CT molecular complexity index is 2790. The summed E-state index contributed by atoms with van der Waals surface area (Å²) in [6.07, 6.45) is 6.59. The summed E-state index contributed by atoms with van der Waals surface area (Å²) in [4.78, 5) is 2.56. The summed E-state index contributed by atoms with van der Waals surface area (Å²) in [6, 6.07) is 58.7. The number of benzene rings is 7. The number of hydrogen-bond donors (Lipinski definition) is 0. The van der Waals surface area contributed by atoms with Gasteiger partial charge in [0.25, 0.3) is 0 Å². The Kier molecular flexibility index (Phi) is 11.2. The molecule has 7 aromatic rings. The molecule has 0 bridgehead atoms. The molecular weight excluding hydrogens is 771 g/mol. The van der Waals surface area contributed by atoms with Crippen molar-refractivity contribution in [1.29, 1.82) is 0 Å². The molecule has 7 aromatic carbocycles. The molecule has 1 saturated carbocycles. The summed E-state index contributed by atoms with van der Waals surface area (Å²) >= 11 is 0. The average molecular weight is 840 g/mol. The van der Waals surface area contributed by atoms with Crippen molar-refractivity contribution in [3.05, 3.63) is 185 Å². The quantitative estimate of drug-likeness (QED) is 0.155. The van der Waals surface area contributed by atoms with Gasteiger partial charge in [0.15, 0.2) is 0 Å². The van der Waals surface area contributed by atoms with Gasteiger partial charge in [-0.25, -0.2) is 0 Å². The monoisotopic (exact) mass is 840 g/mol. The van der Waals surface area contributed by atoms with E-state index in [-0.39, 0.29) is 21.7 Å². The lowest BCUT2D eigenvalue weighted by atomic mass is 9.79. The Hall–Kier alpha value is -5.66. The Morgan fingerprint density at radius 2 is 0.953 bits per heavy atom. The second-order valence-corrected chi connectivity index (χ2v) is 22.6. The van der Waals surface area contributed by atoms with Crippen molar-refractivity contribution in [3.63, 3.8) is 0 Å². The van der Waals surface area contributed by atoms with Crippen molar-refractivity contribution >= 4 is 17.1 Å². The highest BCUT2D eigenvalue weighted by Crippen LogP contribution is 2.52. The topological polar surface area (TPSA) is 3.24 Å². The summed E-state index contributed by atoms with van der Waals surface area (Å²) in [5.74, 6) is 0.637. The Balaban J connectivity index is 1.22. The van der Waals surface area contributed by atoms with E-state index in [2.05, 4.69) is 233 Å². The molecule has 326 valence electrons. The molecule has 0 unspecified atom stereocenters. The fourth-order valence-electron chi connectivity index (χ4n) is 10.4. The van der Waals surface area contributed by atoms with E-state index in [0.29, 0.717) is 5.92 Å². The lowest BCUT2D eigenvalue weighted by Crippen LogP contribution is -2.18. The van der Waals surface area contributed by atoms with Crippen LogP contribution >= 0.6 is 0 Å². The highest BCUT2D eigenvalue weighted by molar-refractivity contribution is 5.92. The Labute approximate surface area is 385 Å². The van der Waals surface area contributed by atoms with Gasteiger partial charge in [0.2, 0.25) is 0 Å². The summed E-state index contributed by atoms with van der Waals surface area (Å²) in [5.41, 5.74) is 22.0. The highest BCUT2D eigenvalue weighted by atomic mass is 15.1. The van der Waals surface area contributed by atoms with Gasteiger partial charge in [0.05, 0.1) is 5.69 Å². The van der Waals surface area contributed by atoms with Crippen LogP contribution < -0.4 is 4.90 Å². The van der Waals surface area contributed by atoms with E-state index in [9.17, 15) is 0 Å². The van der Waals surface area contributed by atoms with E-state index < -0.39 is 0 Å². The first-order valence-electron chi connectivity index (χ1n) is 24.0. The summed E-state index contributed by atoms with van der Waals surface area (Å²) in [6.45, 7) is 25.7. The van der Waals surface area contributed by atoms with E-state index in [1.54, 1.807) is 0 Å². The first-order valence-corrected chi connectivity index (χ1v) is 24.0. The summed E-state index contributed by atoms with van der Waals surface area (Å²) in [5, 5.41) is 0. The number of para-hydroxylation sites is 1. The molecule has 0 spiro atoms. The molecule has 1 nitrogen and oxygen atoms in total. The molecule has 0 heterocycles. The molecular formula is C63H69N. The van der Waals surface area contributed by atoms with Crippen LogP contribution in [0, 0.1) is 0 Å². The van der Waals surface area contributed by atoms with Crippen LogP contribution in [0.15, 0.2) is 152 Å². The van der Waals surface area contributed by atoms with E-state index in [0.717, 1.165) is 0 Å². The van der Waals surface area contributed by atoms with Gasteiger partial charge < -0.3 is 4.90 Å². The molecule has 0 aliphatic heterocycles. The van der Waals surface area contributed by atoms with Gasteiger partial charge in [-0.15, -0.1) is 0 Å². The minimum atomic E-state index is -0.123. The van der Waals surface area contributed by atoms with Crippen LogP contribution in [-0.2, 0) is 21.7 Å². The smallest absolute Gasteiger partial charge is 0.0540 e. The molecule has 0 atom stereocenters. The third-order valence-corrected chi connectivity index (χ3v) is 14.5. The fourth-order valence-corrected chi connectivity index (χ4v) is 10.4. The van der Waals surface area contributed by atoms with Gasteiger partial charge in [-0.3, -0.25) is 0 Å². The van der Waals surface area contributed by atoms with Crippen molar-refractivity contribution in [2.75, 3.05) is 4.90 Å². The SMILES string of the molecule is CC(C)(C)c1cc(-c2ccc(-c3cc(C(C)(C)C)cc(C(C)(C)C)c3)cc2)cc(N(c2ccc3c(c2)C(C)(C)c2ccccc2-3)c2ccccc2-c2cccc(C3CCCCC3)c2)c1. The van der Waals surface area contributed by atoms with Gasteiger partial charge in [-0.2, -0.15) is 0 Å². The molecule has 2 aliphatic rings. The van der Waals surface area contributed by atoms with Crippen LogP contribution in [0.3, 0.4) is 0 Å². The van der Waals surface area contributed by atoms with Crippen LogP contribution in [0.4, 0.5) is 17.1 Å². The number of hydrogen-bond acceptors (Lipinski definition) is 1. The second kappa shape index (κ2) is 16.4. The molecule has 9 rings (SSSR count). The molecule has 1 heteroatoms. The van der Waals surface area contributed by atoms with E-state index >= 15 is 0 Å². The molecule has 0 saturated heterocycles. The Morgan fingerprint density at radius 1 is 0.406 bits per heavy atom. The minimum absolute atomic E-state index is 0.0565. The third kappa shape index (κ3) is 8.40. The first-order chi connectivity index (χ1) is 30.4. The van der Waals surface area contributed by atoms with Gasteiger partial charge in [0, 0.05) is 22.4 Å². The second-order valence-electron chi connectivity index (χ2n) is 22.6. The lowest BCUT2D eigenvalue weighted by molar-refractivity contribution is 0.444. The molecule has 0 N–H and O–H groups in total. The highest BCUT2D eigenvalue weighted by Gasteiger charge is 2.36. The number of anilines is 3. The van der Waals surface area contributed by atoms with Crippen LogP contribution in [0.5, 0.6) is 0 Å². The molecule has 0 amide bonds. The maximum absolute atomic E-state index is 2.56.